The van der Waals surface area contributed by atoms with E-state index in [0.717, 1.165) is 0 Å². The van der Waals surface area contributed by atoms with E-state index in [1.54, 1.807) is 26.4 Å². The summed E-state index contributed by atoms with van der Waals surface area (Å²) in [6.45, 7) is 1.81. The van der Waals surface area contributed by atoms with Crippen LogP contribution in [0.1, 0.15) is 0 Å². The molecule has 21 heavy (non-hydrogen) atoms. The SMILES string of the molecule is COCCOCOc1cccc(O)c1OCOCCOC. The van der Waals surface area contributed by atoms with E-state index in [-0.39, 0.29) is 25.1 Å². The maximum Gasteiger partial charge on any atom is 0.206 e. The van der Waals surface area contributed by atoms with Gasteiger partial charge in [-0.05, 0) is 12.1 Å². The third-order valence-electron chi connectivity index (χ3n) is 2.41. The van der Waals surface area contributed by atoms with E-state index < -0.39 is 0 Å². The third-order valence-corrected chi connectivity index (χ3v) is 2.41. The Hall–Kier alpha value is -1.54. The van der Waals surface area contributed by atoms with Gasteiger partial charge < -0.3 is 33.5 Å². The second kappa shape index (κ2) is 11.2. The van der Waals surface area contributed by atoms with Crippen LogP contribution in [0.2, 0.25) is 0 Å². The predicted octanol–water partition coefficient (Wildman–Crippen LogP) is 1.39. The quantitative estimate of drug-likeness (QED) is 0.462. The first-order valence-corrected chi connectivity index (χ1v) is 6.50. The first-order valence-electron chi connectivity index (χ1n) is 6.50. The fraction of sp³-hybridized carbons (Fsp3) is 0.571. The fourth-order valence-corrected chi connectivity index (χ4v) is 1.37. The van der Waals surface area contributed by atoms with Gasteiger partial charge in [0, 0.05) is 14.2 Å². The van der Waals surface area contributed by atoms with Gasteiger partial charge in [-0.3, -0.25) is 0 Å². The van der Waals surface area contributed by atoms with Gasteiger partial charge in [0.05, 0.1) is 26.4 Å². The molecule has 0 aliphatic heterocycles. The summed E-state index contributed by atoms with van der Waals surface area (Å²) in [7, 11) is 3.18. The lowest BCUT2D eigenvalue weighted by molar-refractivity contribution is -0.0215. The van der Waals surface area contributed by atoms with Gasteiger partial charge in [-0.15, -0.1) is 0 Å². The number of phenols is 1. The molecule has 0 aliphatic rings. The zero-order valence-electron chi connectivity index (χ0n) is 12.4. The molecule has 0 saturated heterocycles. The predicted molar refractivity (Wildman–Crippen MR) is 74.8 cm³/mol. The van der Waals surface area contributed by atoms with Crippen molar-refractivity contribution in [1.29, 1.82) is 0 Å². The van der Waals surface area contributed by atoms with E-state index in [1.165, 1.54) is 6.07 Å². The van der Waals surface area contributed by atoms with Crippen LogP contribution < -0.4 is 9.47 Å². The minimum atomic E-state index is -0.0280. The number of benzene rings is 1. The Bertz CT molecular complexity index is 384. The lowest BCUT2D eigenvalue weighted by Gasteiger charge is -2.14. The van der Waals surface area contributed by atoms with E-state index >= 15 is 0 Å². The Morgan fingerprint density at radius 3 is 2.10 bits per heavy atom. The second-order valence-electron chi connectivity index (χ2n) is 3.93. The summed E-state index contributed by atoms with van der Waals surface area (Å²) in [5.41, 5.74) is 0. The molecule has 0 heterocycles. The van der Waals surface area contributed by atoms with Crippen LogP contribution in [0.3, 0.4) is 0 Å². The normalized spacial score (nSPS) is 10.6. The highest BCUT2D eigenvalue weighted by atomic mass is 16.7. The van der Waals surface area contributed by atoms with Crippen molar-refractivity contribution in [2.75, 3.05) is 54.2 Å². The molecule has 120 valence electrons. The van der Waals surface area contributed by atoms with Crippen molar-refractivity contribution >= 4 is 0 Å². The van der Waals surface area contributed by atoms with Gasteiger partial charge in [0.1, 0.15) is 0 Å². The summed E-state index contributed by atoms with van der Waals surface area (Å²) in [4.78, 5) is 0. The summed E-state index contributed by atoms with van der Waals surface area (Å²) >= 11 is 0. The molecule has 1 aromatic carbocycles. The average Bonchev–Trinajstić information content (AvgIpc) is 2.49. The smallest absolute Gasteiger partial charge is 0.206 e. The number of phenolic OH excluding ortho intramolecular Hbond substituents is 1. The Kier molecular flexibility index (Phi) is 9.30. The minimum absolute atomic E-state index is 0.0121. The number of aromatic hydroxyl groups is 1. The van der Waals surface area contributed by atoms with Crippen molar-refractivity contribution in [3.8, 4) is 17.2 Å². The zero-order valence-corrected chi connectivity index (χ0v) is 12.4. The lowest BCUT2D eigenvalue weighted by Crippen LogP contribution is -2.10. The highest BCUT2D eigenvalue weighted by Crippen LogP contribution is 2.36. The Morgan fingerprint density at radius 2 is 1.48 bits per heavy atom. The molecule has 0 bridgehead atoms. The van der Waals surface area contributed by atoms with E-state index in [0.29, 0.717) is 32.2 Å². The van der Waals surface area contributed by atoms with Crippen LogP contribution in [0.15, 0.2) is 18.2 Å². The molecule has 1 rings (SSSR count). The van der Waals surface area contributed by atoms with Crippen LogP contribution in [0.25, 0.3) is 0 Å². The number of hydrogen-bond acceptors (Lipinski definition) is 7. The molecule has 0 radical (unpaired) electrons. The van der Waals surface area contributed by atoms with Gasteiger partial charge in [0.2, 0.25) is 5.75 Å². The molecule has 0 aliphatic carbocycles. The number of ether oxygens (including phenoxy) is 6. The Labute approximate surface area is 124 Å². The number of para-hydroxylation sites is 1. The van der Waals surface area contributed by atoms with Crippen molar-refractivity contribution in [2.45, 2.75) is 0 Å². The van der Waals surface area contributed by atoms with E-state index in [1.807, 2.05) is 0 Å². The minimum Gasteiger partial charge on any atom is -0.504 e. The van der Waals surface area contributed by atoms with Gasteiger partial charge in [-0.25, -0.2) is 0 Å². The van der Waals surface area contributed by atoms with Gasteiger partial charge in [-0.1, -0.05) is 6.07 Å². The van der Waals surface area contributed by atoms with Crippen molar-refractivity contribution in [3.63, 3.8) is 0 Å². The van der Waals surface area contributed by atoms with Gasteiger partial charge in [0.15, 0.2) is 25.1 Å². The van der Waals surface area contributed by atoms with Gasteiger partial charge in [-0.2, -0.15) is 0 Å². The first kappa shape index (κ1) is 17.5. The Morgan fingerprint density at radius 1 is 0.857 bits per heavy atom. The van der Waals surface area contributed by atoms with Crippen molar-refractivity contribution in [3.05, 3.63) is 18.2 Å². The molecule has 1 aromatic rings. The largest absolute Gasteiger partial charge is 0.504 e. The van der Waals surface area contributed by atoms with Crippen molar-refractivity contribution < 1.29 is 33.5 Å². The van der Waals surface area contributed by atoms with Gasteiger partial charge >= 0.3 is 0 Å². The van der Waals surface area contributed by atoms with Crippen molar-refractivity contribution in [2.24, 2.45) is 0 Å². The maximum atomic E-state index is 9.79. The van der Waals surface area contributed by atoms with Crippen LogP contribution in [0, 0.1) is 0 Å². The lowest BCUT2D eigenvalue weighted by atomic mass is 10.3. The molecule has 0 unspecified atom stereocenters. The summed E-state index contributed by atoms with van der Waals surface area (Å²) in [6, 6.07) is 4.82. The van der Waals surface area contributed by atoms with E-state index in [2.05, 4.69) is 0 Å². The third kappa shape index (κ3) is 7.14. The molecule has 0 amide bonds. The first-order chi connectivity index (χ1) is 10.3. The van der Waals surface area contributed by atoms with E-state index in [4.69, 9.17) is 28.4 Å². The van der Waals surface area contributed by atoms with Crippen LogP contribution in [-0.2, 0) is 18.9 Å². The second-order valence-corrected chi connectivity index (χ2v) is 3.93. The maximum absolute atomic E-state index is 9.79. The molecule has 0 spiro atoms. The monoisotopic (exact) mass is 302 g/mol. The van der Waals surface area contributed by atoms with Crippen LogP contribution >= 0.6 is 0 Å². The topological polar surface area (TPSA) is 75.6 Å². The summed E-state index contributed by atoms with van der Waals surface area (Å²) in [5, 5.41) is 9.79. The number of methoxy groups -OCH3 is 2. The van der Waals surface area contributed by atoms with Crippen LogP contribution in [0.5, 0.6) is 17.2 Å². The molecule has 0 atom stereocenters. The number of hydrogen-bond donors (Lipinski definition) is 1. The molecule has 7 nitrogen and oxygen atoms in total. The molecule has 1 N–H and O–H groups in total. The standard InChI is InChI=1S/C14H22O7/c1-16-6-8-18-10-20-13-5-3-4-12(15)14(13)21-11-19-9-7-17-2/h3-5,15H,6-11H2,1-2H3. The summed E-state index contributed by atoms with van der Waals surface area (Å²) < 4.78 is 30.8. The summed E-state index contributed by atoms with van der Waals surface area (Å²) in [6.07, 6.45) is 0. The molecular formula is C14H22O7. The van der Waals surface area contributed by atoms with Gasteiger partial charge in [0.25, 0.3) is 0 Å². The van der Waals surface area contributed by atoms with Crippen molar-refractivity contribution in [1.82, 2.24) is 0 Å². The highest BCUT2D eigenvalue weighted by molar-refractivity contribution is 5.50. The molecule has 0 fully saturated rings. The fourth-order valence-electron chi connectivity index (χ4n) is 1.37. The molecular weight excluding hydrogens is 280 g/mol. The number of rotatable bonds is 12. The molecule has 0 aromatic heterocycles. The molecule has 0 saturated carbocycles. The Balaban J connectivity index is 2.41. The molecule has 7 heteroatoms. The van der Waals surface area contributed by atoms with Crippen LogP contribution in [0.4, 0.5) is 0 Å². The van der Waals surface area contributed by atoms with Crippen LogP contribution in [-0.4, -0.2) is 59.3 Å². The average molecular weight is 302 g/mol. The summed E-state index contributed by atoms with van der Waals surface area (Å²) in [5.74, 6) is 0.563. The van der Waals surface area contributed by atoms with E-state index in [9.17, 15) is 5.11 Å². The highest BCUT2D eigenvalue weighted by Gasteiger charge is 2.10. The zero-order chi connectivity index (χ0) is 15.3.